The van der Waals surface area contributed by atoms with E-state index in [0.29, 0.717) is 0 Å². The Bertz CT molecular complexity index is 208. The molecule has 0 spiro atoms. The summed E-state index contributed by atoms with van der Waals surface area (Å²) in [5.74, 6) is 0. The van der Waals surface area contributed by atoms with E-state index in [-0.39, 0.29) is 6.23 Å². The molecule has 0 aromatic rings. The van der Waals surface area contributed by atoms with Crippen molar-refractivity contribution in [1.29, 1.82) is 0 Å². The average Bonchev–Trinajstić information content (AvgIpc) is 2.56. The van der Waals surface area contributed by atoms with Gasteiger partial charge in [-0.25, -0.2) is 0 Å². The third-order valence-electron chi connectivity index (χ3n) is 4.71. The highest BCUT2D eigenvalue weighted by Gasteiger charge is 2.01. The number of hydrogen-bond acceptors (Lipinski definition) is 2. The van der Waals surface area contributed by atoms with Crippen molar-refractivity contribution in [3.8, 4) is 0 Å². The highest BCUT2D eigenvalue weighted by Crippen LogP contribution is 2.13. The molecule has 1 unspecified atom stereocenters. The minimum Gasteiger partial charge on any atom is -0.379 e. The summed E-state index contributed by atoms with van der Waals surface area (Å²) in [7, 11) is 0. The molecule has 0 aliphatic rings. The first-order valence-corrected chi connectivity index (χ1v) is 10.7. The van der Waals surface area contributed by atoms with E-state index in [1.54, 1.807) is 0 Å². The molecule has 23 heavy (non-hydrogen) atoms. The van der Waals surface area contributed by atoms with E-state index in [4.69, 9.17) is 0 Å². The number of aliphatic hydroxyl groups is 1. The summed E-state index contributed by atoms with van der Waals surface area (Å²) in [6, 6.07) is 0. The van der Waals surface area contributed by atoms with Gasteiger partial charge in [0.2, 0.25) is 0 Å². The molecular formula is C21H45NO. The lowest BCUT2D eigenvalue weighted by atomic mass is 10.0. The molecule has 140 valence electrons. The highest BCUT2D eigenvalue weighted by molar-refractivity contribution is 4.54. The number of aliphatic hydroxyl groups excluding tert-OH is 1. The van der Waals surface area contributed by atoms with Crippen molar-refractivity contribution in [3.63, 3.8) is 0 Å². The standard InChI is InChI=1S/C21H45NO/c1-3-5-6-7-8-9-10-11-12-13-14-15-16-17-18-19-21(23)22-20-4-2/h21-23H,3-20H2,1-2H3. The van der Waals surface area contributed by atoms with Crippen LogP contribution in [0.2, 0.25) is 0 Å². The number of rotatable bonds is 19. The first kappa shape index (κ1) is 22.9. The lowest BCUT2D eigenvalue weighted by Gasteiger charge is -2.11. The minimum atomic E-state index is -0.281. The van der Waals surface area contributed by atoms with Crippen molar-refractivity contribution in [2.75, 3.05) is 6.54 Å². The predicted molar refractivity (Wildman–Crippen MR) is 104 cm³/mol. The maximum Gasteiger partial charge on any atom is 0.104 e. The Morgan fingerprint density at radius 2 is 0.957 bits per heavy atom. The molecule has 0 amide bonds. The molecule has 1 atom stereocenters. The van der Waals surface area contributed by atoms with Crippen molar-refractivity contribution in [2.45, 2.75) is 129 Å². The third-order valence-corrected chi connectivity index (χ3v) is 4.71. The van der Waals surface area contributed by atoms with Crippen LogP contribution in [-0.4, -0.2) is 17.9 Å². The van der Waals surface area contributed by atoms with E-state index >= 15 is 0 Å². The van der Waals surface area contributed by atoms with Gasteiger partial charge in [-0.1, -0.05) is 104 Å². The topological polar surface area (TPSA) is 32.3 Å². The Kier molecular flexibility index (Phi) is 19.9. The van der Waals surface area contributed by atoms with Crippen LogP contribution in [0.25, 0.3) is 0 Å². The van der Waals surface area contributed by atoms with Crippen molar-refractivity contribution >= 4 is 0 Å². The molecule has 0 radical (unpaired) electrons. The van der Waals surface area contributed by atoms with E-state index in [9.17, 15) is 5.11 Å². The smallest absolute Gasteiger partial charge is 0.104 e. The maximum atomic E-state index is 9.67. The van der Waals surface area contributed by atoms with Crippen LogP contribution in [0.15, 0.2) is 0 Å². The second-order valence-electron chi connectivity index (χ2n) is 7.21. The summed E-state index contributed by atoms with van der Waals surface area (Å²) in [4.78, 5) is 0. The molecule has 0 bridgehead atoms. The SMILES string of the molecule is CCCCCCCCCCCCCCCCCC(O)NCCC. The van der Waals surface area contributed by atoms with Crippen LogP contribution in [0, 0.1) is 0 Å². The average molecular weight is 328 g/mol. The monoisotopic (exact) mass is 327 g/mol. The molecule has 0 fully saturated rings. The summed E-state index contributed by atoms with van der Waals surface area (Å²) in [5, 5.41) is 12.8. The molecule has 2 nitrogen and oxygen atoms in total. The fourth-order valence-electron chi connectivity index (χ4n) is 3.12. The van der Waals surface area contributed by atoms with Crippen molar-refractivity contribution in [1.82, 2.24) is 5.32 Å². The lowest BCUT2D eigenvalue weighted by molar-refractivity contribution is 0.125. The van der Waals surface area contributed by atoms with Gasteiger partial charge in [0.15, 0.2) is 0 Å². The van der Waals surface area contributed by atoms with Gasteiger partial charge in [-0.3, -0.25) is 5.32 Å². The fourth-order valence-corrected chi connectivity index (χ4v) is 3.12. The van der Waals surface area contributed by atoms with Crippen LogP contribution < -0.4 is 5.32 Å². The second kappa shape index (κ2) is 20.0. The Morgan fingerprint density at radius 1 is 0.565 bits per heavy atom. The zero-order chi connectivity index (χ0) is 17.0. The number of nitrogens with one attached hydrogen (secondary N) is 1. The first-order valence-electron chi connectivity index (χ1n) is 10.7. The van der Waals surface area contributed by atoms with Crippen LogP contribution in [0.1, 0.15) is 123 Å². The van der Waals surface area contributed by atoms with E-state index in [0.717, 1.165) is 25.8 Å². The van der Waals surface area contributed by atoms with Crippen LogP contribution >= 0.6 is 0 Å². The Labute approximate surface area is 146 Å². The predicted octanol–water partition coefficient (Wildman–Crippen LogP) is 6.57. The molecule has 0 aromatic heterocycles. The van der Waals surface area contributed by atoms with E-state index in [1.165, 1.54) is 89.9 Å². The normalized spacial score (nSPS) is 12.7. The Balaban J connectivity index is 3.02. The molecule has 0 aromatic carbocycles. The van der Waals surface area contributed by atoms with Gasteiger partial charge >= 0.3 is 0 Å². The van der Waals surface area contributed by atoms with Crippen molar-refractivity contribution < 1.29 is 5.11 Å². The zero-order valence-electron chi connectivity index (χ0n) is 16.3. The van der Waals surface area contributed by atoms with E-state index in [1.807, 2.05) is 0 Å². The maximum absolute atomic E-state index is 9.67. The van der Waals surface area contributed by atoms with Crippen molar-refractivity contribution in [2.24, 2.45) is 0 Å². The summed E-state index contributed by atoms with van der Waals surface area (Å²) >= 11 is 0. The van der Waals surface area contributed by atoms with E-state index in [2.05, 4.69) is 19.2 Å². The van der Waals surface area contributed by atoms with Gasteiger partial charge in [0, 0.05) is 0 Å². The molecule has 0 saturated carbocycles. The summed E-state index contributed by atoms with van der Waals surface area (Å²) in [6.07, 6.45) is 22.7. The molecular weight excluding hydrogens is 282 g/mol. The van der Waals surface area contributed by atoms with Gasteiger partial charge in [0.05, 0.1) is 0 Å². The second-order valence-corrected chi connectivity index (χ2v) is 7.21. The molecule has 0 rings (SSSR count). The molecule has 2 N–H and O–H groups in total. The first-order chi connectivity index (χ1) is 11.3. The number of hydrogen-bond donors (Lipinski definition) is 2. The molecule has 0 aliphatic heterocycles. The molecule has 2 heteroatoms. The minimum absolute atomic E-state index is 0.281. The quantitative estimate of drug-likeness (QED) is 0.208. The molecule has 0 aliphatic carbocycles. The van der Waals surface area contributed by atoms with Crippen LogP contribution in [-0.2, 0) is 0 Å². The highest BCUT2D eigenvalue weighted by atomic mass is 16.3. The summed E-state index contributed by atoms with van der Waals surface area (Å²) in [6.45, 7) is 5.35. The van der Waals surface area contributed by atoms with Gasteiger partial charge in [-0.15, -0.1) is 0 Å². The fraction of sp³-hybridized carbons (Fsp3) is 1.00. The molecule has 0 heterocycles. The van der Waals surface area contributed by atoms with Gasteiger partial charge in [-0.05, 0) is 25.8 Å². The zero-order valence-corrected chi connectivity index (χ0v) is 16.3. The number of unbranched alkanes of at least 4 members (excludes halogenated alkanes) is 14. The van der Waals surface area contributed by atoms with E-state index < -0.39 is 0 Å². The van der Waals surface area contributed by atoms with Gasteiger partial charge in [-0.2, -0.15) is 0 Å². The summed E-state index contributed by atoms with van der Waals surface area (Å²) in [5.41, 5.74) is 0. The Hall–Kier alpha value is -0.0800. The van der Waals surface area contributed by atoms with Gasteiger partial charge in [0.25, 0.3) is 0 Å². The van der Waals surface area contributed by atoms with Crippen LogP contribution in [0.5, 0.6) is 0 Å². The lowest BCUT2D eigenvalue weighted by Crippen LogP contribution is -2.29. The largest absolute Gasteiger partial charge is 0.379 e. The van der Waals surface area contributed by atoms with Crippen LogP contribution in [0.4, 0.5) is 0 Å². The Morgan fingerprint density at radius 3 is 1.35 bits per heavy atom. The van der Waals surface area contributed by atoms with Gasteiger partial charge in [0.1, 0.15) is 6.23 Å². The van der Waals surface area contributed by atoms with Crippen molar-refractivity contribution in [3.05, 3.63) is 0 Å². The third kappa shape index (κ3) is 19.9. The summed E-state index contributed by atoms with van der Waals surface area (Å²) < 4.78 is 0. The molecule has 0 saturated heterocycles. The van der Waals surface area contributed by atoms with Crippen LogP contribution in [0.3, 0.4) is 0 Å². The van der Waals surface area contributed by atoms with Gasteiger partial charge < -0.3 is 5.11 Å².